The number of esters is 1. The van der Waals surface area contributed by atoms with Gasteiger partial charge in [-0.2, -0.15) is 0 Å². The topological polar surface area (TPSA) is 26.3 Å². The van der Waals surface area contributed by atoms with Crippen LogP contribution < -0.4 is 0 Å². The highest BCUT2D eigenvalue weighted by Gasteiger charge is 2.35. The van der Waals surface area contributed by atoms with Crippen LogP contribution >= 0.6 is 23.2 Å². The van der Waals surface area contributed by atoms with Gasteiger partial charge in [-0.3, -0.25) is 4.79 Å². The maximum Gasteiger partial charge on any atom is 0.316 e. The van der Waals surface area contributed by atoms with Crippen LogP contribution in [-0.4, -0.2) is 12.6 Å². The summed E-state index contributed by atoms with van der Waals surface area (Å²) in [6, 6.07) is 5.17. The summed E-state index contributed by atoms with van der Waals surface area (Å²) in [6.45, 7) is 5.60. The molecular weight excluding hydrogens is 247 g/mol. The average molecular weight is 261 g/mol. The van der Waals surface area contributed by atoms with Crippen molar-refractivity contribution in [2.75, 3.05) is 6.61 Å². The van der Waals surface area contributed by atoms with E-state index in [0.717, 1.165) is 0 Å². The van der Waals surface area contributed by atoms with Gasteiger partial charge in [-0.15, -0.1) is 0 Å². The summed E-state index contributed by atoms with van der Waals surface area (Å²) in [5.41, 5.74) is -0.234. The van der Waals surface area contributed by atoms with Gasteiger partial charge in [-0.25, -0.2) is 0 Å². The Morgan fingerprint density at radius 2 is 1.81 bits per heavy atom. The van der Waals surface area contributed by atoms with E-state index in [4.69, 9.17) is 27.9 Å². The smallest absolute Gasteiger partial charge is 0.316 e. The summed E-state index contributed by atoms with van der Waals surface area (Å²) >= 11 is 12.1. The van der Waals surface area contributed by atoms with E-state index < -0.39 is 5.41 Å². The third kappa shape index (κ3) is 2.50. The number of ether oxygens (including phenoxy) is 1. The Hall–Kier alpha value is -0.730. The fourth-order valence-electron chi connectivity index (χ4n) is 1.51. The van der Waals surface area contributed by atoms with Crippen molar-refractivity contribution in [3.63, 3.8) is 0 Å². The second-order valence-electron chi connectivity index (χ2n) is 3.94. The quantitative estimate of drug-likeness (QED) is 0.773. The fourth-order valence-corrected chi connectivity index (χ4v) is 2.38. The zero-order valence-electron chi connectivity index (χ0n) is 9.51. The first-order chi connectivity index (χ1) is 7.41. The lowest BCUT2D eigenvalue weighted by molar-refractivity contribution is -0.148. The number of carbonyl (C=O) groups is 1. The highest BCUT2D eigenvalue weighted by molar-refractivity contribution is 6.36. The monoisotopic (exact) mass is 260 g/mol. The van der Waals surface area contributed by atoms with Gasteiger partial charge in [0.1, 0.15) is 0 Å². The van der Waals surface area contributed by atoms with Crippen LogP contribution in [0.4, 0.5) is 0 Å². The molecule has 0 aliphatic carbocycles. The molecule has 1 aromatic rings. The summed E-state index contributed by atoms with van der Waals surface area (Å²) in [6.07, 6.45) is 0. The number of carbonyl (C=O) groups excluding carboxylic acids is 1. The van der Waals surface area contributed by atoms with E-state index in [0.29, 0.717) is 22.2 Å². The molecule has 0 bridgehead atoms. The molecule has 16 heavy (non-hydrogen) atoms. The van der Waals surface area contributed by atoms with Gasteiger partial charge >= 0.3 is 5.97 Å². The Bertz CT molecular complexity index is 380. The average Bonchev–Trinajstić information content (AvgIpc) is 2.17. The summed E-state index contributed by atoms with van der Waals surface area (Å²) in [4.78, 5) is 11.8. The Kier molecular flexibility index (Phi) is 4.22. The Balaban J connectivity index is 3.21. The fraction of sp³-hybridized carbons (Fsp3) is 0.417. The molecule has 0 aliphatic rings. The number of hydrogen-bond donors (Lipinski definition) is 0. The SMILES string of the molecule is CCOC(=O)C(C)(C)c1c(Cl)cccc1Cl. The summed E-state index contributed by atoms with van der Waals surface area (Å²) in [7, 11) is 0. The molecule has 0 radical (unpaired) electrons. The van der Waals surface area contributed by atoms with Crippen molar-refractivity contribution >= 4 is 29.2 Å². The van der Waals surface area contributed by atoms with E-state index in [2.05, 4.69) is 0 Å². The van der Waals surface area contributed by atoms with Crippen LogP contribution in [0.15, 0.2) is 18.2 Å². The highest BCUT2D eigenvalue weighted by Crippen LogP contribution is 2.36. The molecule has 0 fully saturated rings. The Morgan fingerprint density at radius 3 is 2.25 bits per heavy atom. The van der Waals surface area contributed by atoms with Crippen molar-refractivity contribution < 1.29 is 9.53 Å². The number of benzene rings is 1. The van der Waals surface area contributed by atoms with Crippen molar-refractivity contribution in [2.24, 2.45) is 0 Å². The van der Waals surface area contributed by atoms with Gasteiger partial charge < -0.3 is 4.74 Å². The van der Waals surface area contributed by atoms with Gasteiger partial charge in [0.05, 0.1) is 12.0 Å². The molecule has 4 heteroatoms. The first-order valence-corrected chi connectivity index (χ1v) is 5.78. The lowest BCUT2D eigenvalue weighted by Gasteiger charge is -2.24. The second-order valence-corrected chi connectivity index (χ2v) is 4.76. The van der Waals surface area contributed by atoms with Crippen molar-refractivity contribution in [2.45, 2.75) is 26.2 Å². The van der Waals surface area contributed by atoms with Gasteiger partial charge in [-0.1, -0.05) is 29.3 Å². The maximum atomic E-state index is 11.8. The molecule has 2 nitrogen and oxygen atoms in total. The predicted octanol–water partition coefficient (Wildman–Crippen LogP) is 3.83. The third-order valence-corrected chi connectivity index (χ3v) is 3.00. The number of rotatable bonds is 3. The summed E-state index contributed by atoms with van der Waals surface area (Å²) in [5.74, 6) is -0.329. The van der Waals surface area contributed by atoms with E-state index in [-0.39, 0.29) is 5.97 Å². The van der Waals surface area contributed by atoms with Crippen LogP contribution in [0.25, 0.3) is 0 Å². The van der Waals surface area contributed by atoms with Gasteiger partial charge in [0.25, 0.3) is 0 Å². The van der Waals surface area contributed by atoms with E-state index in [9.17, 15) is 4.79 Å². The van der Waals surface area contributed by atoms with Crippen LogP contribution in [0.1, 0.15) is 26.3 Å². The van der Waals surface area contributed by atoms with Crippen LogP contribution in [0, 0.1) is 0 Å². The van der Waals surface area contributed by atoms with Gasteiger partial charge in [0, 0.05) is 15.6 Å². The minimum Gasteiger partial charge on any atom is -0.465 e. The lowest BCUT2D eigenvalue weighted by atomic mass is 9.84. The van der Waals surface area contributed by atoms with Crippen molar-refractivity contribution in [3.05, 3.63) is 33.8 Å². The third-order valence-electron chi connectivity index (χ3n) is 2.37. The Labute approximate surface area is 106 Å². The first kappa shape index (κ1) is 13.3. The van der Waals surface area contributed by atoms with E-state index >= 15 is 0 Å². The summed E-state index contributed by atoms with van der Waals surface area (Å²) < 4.78 is 5.01. The first-order valence-electron chi connectivity index (χ1n) is 5.03. The minimum absolute atomic E-state index is 0.329. The molecular formula is C12H14Cl2O2. The minimum atomic E-state index is -0.842. The highest BCUT2D eigenvalue weighted by atomic mass is 35.5. The van der Waals surface area contributed by atoms with E-state index in [1.165, 1.54) is 0 Å². The maximum absolute atomic E-state index is 11.8. The largest absolute Gasteiger partial charge is 0.465 e. The van der Waals surface area contributed by atoms with Crippen molar-refractivity contribution in [1.82, 2.24) is 0 Å². The molecule has 0 aromatic heterocycles. The van der Waals surface area contributed by atoms with Gasteiger partial charge in [-0.05, 0) is 32.9 Å². The lowest BCUT2D eigenvalue weighted by Crippen LogP contribution is -2.31. The number of hydrogen-bond acceptors (Lipinski definition) is 2. The van der Waals surface area contributed by atoms with Gasteiger partial charge in [0.2, 0.25) is 0 Å². The van der Waals surface area contributed by atoms with Crippen molar-refractivity contribution in [1.29, 1.82) is 0 Å². The molecule has 0 aliphatic heterocycles. The number of halogens is 2. The van der Waals surface area contributed by atoms with E-state index in [1.54, 1.807) is 39.0 Å². The van der Waals surface area contributed by atoms with Crippen LogP contribution in [0.2, 0.25) is 10.0 Å². The normalized spacial score (nSPS) is 11.3. The molecule has 1 aromatic carbocycles. The molecule has 1 rings (SSSR count). The molecule has 88 valence electrons. The molecule has 0 saturated heterocycles. The molecule has 0 saturated carbocycles. The zero-order valence-corrected chi connectivity index (χ0v) is 11.0. The summed E-state index contributed by atoms with van der Waals surface area (Å²) in [5, 5.41) is 0.955. The second kappa shape index (κ2) is 5.07. The van der Waals surface area contributed by atoms with Crippen molar-refractivity contribution in [3.8, 4) is 0 Å². The molecule has 0 unspecified atom stereocenters. The predicted molar refractivity (Wildman–Crippen MR) is 66.1 cm³/mol. The molecule has 0 N–H and O–H groups in total. The van der Waals surface area contributed by atoms with Gasteiger partial charge in [0.15, 0.2) is 0 Å². The van der Waals surface area contributed by atoms with E-state index in [1.807, 2.05) is 0 Å². The standard InChI is InChI=1S/C12H14Cl2O2/c1-4-16-11(15)12(2,3)10-8(13)6-5-7-9(10)14/h5-7H,4H2,1-3H3. The van der Waals surface area contributed by atoms with Crippen LogP contribution in [-0.2, 0) is 14.9 Å². The van der Waals surface area contributed by atoms with Crippen LogP contribution in [0.3, 0.4) is 0 Å². The van der Waals surface area contributed by atoms with Crippen LogP contribution in [0.5, 0.6) is 0 Å². The Morgan fingerprint density at radius 1 is 1.31 bits per heavy atom. The molecule has 0 heterocycles. The molecule has 0 atom stereocenters. The zero-order chi connectivity index (χ0) is 12.3. The molecule has 0 amide bonds. The molecule has 0 spiro atoms.